The highest BCUT2D eigenvalue weighted by molar-refractivity contribution is 5.81. The van der Waals surface area contributed by atoms with Gasteiger partial charge in [0, 0.05) is 19.7 Å². The van der Waals surface area contributed by atoms with Crippen molar-refractivity contribution in [1.29, 1.82) is 0 Å². The third kappa shape index (κ3) is 3.93. The van der Waals surface area contributed by atoms with Crippen molar-refractivity contribution in [3.05, 3.63) is 0 Å². The van der Waals surface area contributed by atoms with Gasteiger partial charge < -0.3 is 15.8 Å². The second-order valence-electron chi connectivity index (χ2n) is 5.12. The molecule has 1 fully saturated rings. The average Bonchev–Trinajstić information content (AvgIpc) is 2.85. The van der Waals surface area contributed by atoms with Gasteiger partial charge in [0.05, 0.1) is 12.6 Å². The minimum atomic E-state index is -0.112. The molecular formula is C13H27N3O2. The van der Waals surface area contributed by atoms with Crippen LogP contribution in [0.15, 0.2) is 0 Å². The van der Waals surface area contributed by atoms with E-state index in [0.29, 0.717) is 31.7 Å². The predicted molar refractivity (Wildman–Crippen MR) is 72.3 cm³/mol. The summed E-state index contributed by atoms with van der Waals surface area (Å²) in [4.78, 5) is 14.1. The number of ether oxygens (including phenoxy) is 1. The fourth-order valence-corrected chi connectivity index (χ4v) is 2.72. The number of carbonyl (C=O) groups excluding carboxylic acids is 1. The van der Waals surface area contributed by atoms with Crippen LogP contribution in [0.5, 0.6) is 0 Å². The lowest BCUT2D eigenvalue weighted by Crippen LogP contribution is -2.50. The van der Waals surface area contributed by atoms with Gasteiger partial charge in [-0.2, -0.15) is 0 Å². The quantitative estimate of drug-likeness (QED) is 0.639. The van der Waals surface area contributed by atoms with E-state index in [1.807, 2.05) is 14.0 Å². The summed E-state index contributed by atoms with van der Waals surface area (Å²) in [6.07, 6.45) is 3.55. The zero-order valence-corrected chi connectivity index (χ0v) is 11.8. The van der Waals surface area contributed by atoms with Crippen molar-refractivity contribution >= 4 is 5.91 Å². The summed E-state index contributed by atoms with van der Waals surface area (Å²) in [5.41, 5.74) is 5.79. The van der Waals surface area contributed by atoms with E-state index in [0.717, 1.165) is 6.42 Å². The van der Waals surface area contributed by atoms with Gasteiger partial charge >= 0.3 is 0 Å². The van der Waals surface area contributed by atoms with Gasteiger partial charge in [-0.15, -0.1) is 0 Å². The number of nitrogens with one attached hydrogen (secondary N) is 1. The number of likely N-dealkylation sites (N-methyl/N-ethyl adjacent to an activating group) is 1. The Labute approximate surface area is 110 Å². The minimum Gasteiger partial charge on any atom is -0.383 e. The third-order valence-corrected chi connectivity index (χ3v) is 4.04. The average molecular weight is 257 g/mol. The Morgan fingerprint density at radius 2 is 2.28 bits per heavy atom. The van der Waals surface area contributed by atoms with Crippen LogP contribution in [0.3, 0.4) is 0 Å². The maximum absolute atomic E-state index is 12.0. The van der Waals surface area contributed by atoms with Gasteiger partial charge in [-0.25, -0.2) is 0 Å². The summed E-state index contributed by atoms with van der Waals surface area (Å²) >= 11 is 0. The first-order valence-electron chi connectivity index (χ1n) is 6.80. The molecular weight excluding hydrogens is 230 g/mol. The molecule has 0 aliphatic heterocycles. The molecule has 1 aliphatic carbocycles. The van der Waals surface area contributed by atoms with E-state index < -0.39 is 0 Å². The van der Waals surface area contributed by atoms with Crippen LogP contribution in [0, 0.1) is 5.92 Å². The fraction of sp³-hybridized carbons (Fsp3) is 0.923. The van der Waals surface area contributed by atoms with Crippen LogP contribution in [0.25, 0.3) is 0 Å². The number of hydrogen-bond donors (Lipinski definition) is 2. The highest BCUT2D eigenvalue weighted by Gasteiger charge is 2.33. The second kappa shape index (κ2) is 7.71. The largest absolute Gasteiger partial charge is 0.383 e. The van der Waals surface area contributed by atoms with Crippen LogP contribution in [0.2, 0.25) is 0 Å². The summed E-state index contributed by atoms with van der Waals surface area (Å²) in [5.74, 6) is 0.599. The van der Waals surface area contributed by atoms with Crippen LogP contribution in [-0.2, 0) is 9.53 Å². The number of methoxy groups -OCH3 is 1. The summed E-state index contributed by atoms with van der Waals surface area (Å²) in [7, 11) is 3.66. The maximum atomic E-state index is 12.0. The van der Waals surface area contributed by atoms with E-state index in [-0.39, 0.29) is 11.9 Å². The van der Waals surface area contributed by atoms with Crippen molar-refractivity contribution < 1.29 is 9.53 Å². The Morgan fingerprint density at radius 1 is 1.56 bits per heavy atom. The molecule has 0 bridgehead atoms. The van der Waals surface area contributed by atoms with Crippen LogP contribution < -0.4 is 11.1 Å². The Hall–Kier alpha value is -0.650. The molecule has 0 aromatic rings. The number of nitrogens with two attached hydrogens (primary N) is 1. The number of hydrogen-bond acceptors (Lipinski definition) is 4. The molecule has 1 saturated carbocycles. The van der Waals surface area contributed by atoms with Crippen LogP contribution in [0.4, 0.5) is 0 Å². The first-order valence-corrected chi connectivity index (χ1v) is 6.80. The van der Waals surface area contributed by atoms with E-state index in [1.165, 1.54) is 12.8 Å². The van der Waals surface area contributed by atoms with Crippen molar-refractivity contribution in [2.75, 3.05) is 33.9 Å². The van der Waals surface area contributed by atoms with Crippen molar-refractivity contribution in [3.8, 4) is 0 Å². The molecule has 1 amide bonds. The summed E-state index contributed by atoms with van der Waals surface area (Å²) in [6.45, 7) is 3.79. The topological polar surface area (TPSA) is 67.6 Å². The molecule has 3 atom stereocenters. The molecule has 0 aromatic carbocycles. The van der Waals surface area contributed by atoms with Gasteiger partial charge in [-0.3, -0.25) is 9.69 Å². The van der Waals surface area contributed by atoms with E-state index in [9.17, 15) is 4.79 Å². The zero-order valence-electron chi connectivity index (χ0n) is 11.8. The van der Waals surface area contributed by atoms with Crippen molar-refractivity contribution in [2.24, 2.45) is 11.7 Å². The summed E-state index contributed by atoms with van der Waals surface area (Å²) < 4.78 is 4.92. The Balaban J connectivity index is 2.44. The number of nitrogens with zero attached hydrogens (tertiary/aromatic N) is 1. The molecule has 106 valence electrons. The number of carbonyl (C=O) groups is 1. The lowest BCUT2D eigenvalue weighted by atomic mass is 10.0. The van der Waals surface area contributed by atoms with Crippen LogP contribution >= 0.6 is 0 Å². The van der Waals surface area contributed by atoms with Gasteiger partial charge in [-0.1, -0.05) is 6.42 Å². The highest BCUT2D eigenvalue weighted by Crippen LogP contribution is 2.29. The smallest absolute Gasteiger partial charge is 0.237 e. The van der Waals surface area contributed by atoms with Crippen molar-refractivity contribution in [1.82, 2.24) is 10.2 Å². The summed E-state index contributed by atoms with van der Waals surface area (Å²) in [5, 5.41) is 2.88. The normalized spacial score (nSPS) is 25.4. The van der Waals surface area contributed by atoms with Gasteiger partial charge in [0.15, 0.2) is 0 Å². The molecule has 3 unspecified atom stereocenters. The molecule has 5 nitrogen and oxygen atoms in total. The lowest BCUT2D eigenvalue weighted by Gasteiger charge is -2.33. The van der Waals surface area contributed by atoms with Gasteiger partial charge in [-0.05, 0) is 39.3 Å². The molecule has 18 heavy (non-hydrogen) atoms. The highest BCUT2D eigenvalue weighted by atomic mass is 16.5. The SMILES string of the molecule is COCCNC(=O)C(C)N(C)C1CCCC1CN. The molecule has 3 N–H and O–H groups in total. The Kier molecular flexibility index (Phi) is 6.60. The first-order chi connectivity index (χ1) is 8.61. The summed E-state index contributed by atoms with van der Waals surface area (Å²) in [6, 6.07) is 0.331. The molecule has 0 radical (unpaired) electrons. The lowest BCUT2D eigenvalue weighted by molar-refractivity contribution is -0.126. The van der Waals surface area contributed by atoms with E-state index in [2.05, 4.69) is 10.2 Å². The zero-order chi connectivity index (χ0) is 13.5. The number of rotatable bonds is 7. The van der Waals surface area contributed by atoms with E-state index in [1.54, 1.807) is 7.11 Å². The Morgan fingerprint density at radius 3 is 2.89 bits per heavy atom. The molecule has 0 spiro atoms. The monoisotopic (exact) mass is 257 g/mol. The third-order valence-electron chi connectivity index (χ3n) is 4.04. The van der Waals surface area contributed by atoms with Crippen molar-refractivity contribution in [3.63, 3.8) is 0 Å². The van der Waals surface area contributed by atoms with E-state index >= 15 is 0 Å². The molecule has 5 heteroatoms. The molecule has 0 saturated heterocycles. The second-order valence-corrected chi connectivity index (χ2v) is 5.12. The van der Waals surface area contributed by atoms with E-state index in [4.69, 9.17) is 10.5 Å². The first kappa shape index (κ1) is 15.4. The number of amides is 1. The molecule has 0 aromatic heterocycles. The standard InChI is InChI=1S/C13H27N3O2/c1-10(13(17)15-7-8-18-3)16(2)12-6-4-5-11(12)9-14/h10-12H,4-9,14H2,1-3H3,(H,15,17). The Bertz CT molecular complexity index is 261. The van der Waals surface area contributed by atoms with Crippen LogP contribution in [-0.4, -0.2) is 56.7 Å². The fourth-order valence-electron chi connectivity index (χ4n) is 2.72. The van der Waals surface area contributed by atoms with Gasteiger partial charge in [0.25, 0.3) is 0 Å². The molecule has 0 heterocycles. The van der Waals surface area contributed by atoms with Crippen LogP contribution in [0.1, 0.15) is 26.2 Å². The molecule has 1 rings (SSSR count). The molecule has 1 aliphatic rings. The predicted octanol–water partition coefficient (Wildman–Crippen LogP) is 0.197. The van der Waals surface area contributed by atoms with Gasteiger partial charge in [0.1, 0.15) is 0 Å². The minimum absolute atomic E-state index is 0.0669. The van der Waals surface area contributed by atoms with Crippen molar-refractivity contribution in [2.45, 2.75) is 38.3 Å². The van der Waals surface area contributed by atoms with Gasteiger partial charge in [0.2, 0.25) is 5.91 Å². The maximum Gasteiger partial charge on any atom is 0.237 e.